The lowest BCUT2D eigenvalue weighted by atomic mass is 9.98. The molecule has 0 bridgehead atoms. The Balaban J connectivity index is 2.00. The fourth-order valence-electron chi connectivity index (χ4n) is 2.20. The van der Waals surface area contributed by atoms with Crippen LogP contribution in [0.5, 0.6) is 0 Å². The van der Waals surface area contributed by atoms with Gasteiger partial charge in [0.15, 0.2) is 0 Å². The molecule has 1 aromatic rings. The molecule has 1 aromatic carbocycles. The lowest BCUT2D eigenvalue weighted by Gasteiger charge is -2.21. The Labute approximate surface area is 102 Å². The van der Waals surface area contributed by atoms with Gasteiger partial charge >= 0.3 is 5.97 Å². The van der Waals surface area contributed by atoms with Crippen LogP contribution in [0.25, 0.3) is 6.08 Å². The number of benzene rings is 1. The highest BCUT2D eigenvalue weighted by Crippen LogP contribution is 2.21. The van der Waals surface area contributed by atoms with Gasteiger partial charge in [0.25, 0.3) is 0 Å². The van der Waals surface area contributed by atoms with E-state index in [-0.39, 0.29) is 12.1 Å². The summed E-state index contributed by atoms with van der Waals surface area (Å²) < 4.78 is 5.50. The summed E-state index contributed by atoms with van der Waals surface area (Å²) in [5, 5.41) is 0. The van der Waals surface area contributed by atoms with Gasteiger partial charge in [0.05, 0.1) is 5.56 Å². The van der Waals surface area contributed by atoms with Gasteiger partial charge in [0, 0.05) is 0 Å². The maximum Gasteiger partial charge on any atom is 0.338 e. The van der Waals surface area contributed by atoms with Gasteiger partial charge < -0.3 is 4.74 Å². The van der Waals surface area contributed by atoms with Gasteiger partial charge in [-0.2, -0.15) is 0 Å². The van der Waals surface area contributed by atoms with E-state index in [4.69, 9.17) is 4.74 Å². The molecule has 0 spiro atoms. The van der Waals surface area contributed by atoms with Gasteiger partial charge in [0.1, 0.15) is 6.10 Å². The summed E-state index contributed by atoms with van der Waals surface area (Å²) in [5.74, 6) is -0.208. The topological polar surface area (TPSA) is 26.3 Å². The van der Waals surface area contributed by atoms with Crippen molar-refractivity contribution in [3.63, 3.8) is 0 Å². The van der Waals surface area contributed by atoms with Crippen LogP contribution in [0.2, 0.25) is 0 Å². The number of esters is 1. The van der Waals surface area contributed by atoms with E-state index >= 15 is 0 Å². The molecule has 0 radical (unpaired) electrons. The second-order valence-electron chi connectivity index (χ2n) is 4.49. The summed E-state index contributed by atoms with van der Waals surface area (Å²) >= 11 is 0. The van der Waals surface area contributed by atoms with Gasteiger partial charge in [-0.3, -0.25) is 0 Å². The highest BCUT2D eigenvalue weighted by molar-refractivity contribution is 5.90. The summed E-state index contributed by atoms with van der Waals surface area (Å²) in [4.78, 5) is 11.9. The third-order valence-corrected chi connectivity index (χ3v) is 3.18. The van der Waals surface area contributed by atoms with E-state index in [2.05, 4.69) is 6.58 Å². The van der Waals surface area contributed by atoms with Crippen LogP contribution in [0.15, 0.2) is 30.8 Å². The van der Waals surface area contributed by atoms with Crippen LogP contribution < -0.4 is 0 Å². The van der Waals surface area contributed by atoms with Crippen LogP contribution in [0.4, 0.5) is 0 Å². The fraction of sp³-hybridized carbons (Fsp3) is 0.400. The predicted molar refractivity (Wildman–Crippen MR) is 68.8 cm³/mol. The summed E-state index contributed by atoms with van der Waals surface area (Å²) in [5.41, 5.74) is 1.57. The number of hydrogen-bond donors (Lipinski definition) is 0. The SMILES string of the molecule is C=Cc1cccc(C(=O)OC2CCCCC2)c1. The number of rotatable bonds is 3. The molecule has 90 valence electrons. The Hall–Kier alpha value is -1.57. The van der Waals surface area contributed by atoms with Crippen molar-refractivity contribution in [2.45, 2.75) is 38.2 Å². The molecule has 2 rings (SSSR count). The van der Waals surface area contributed by atoms with E-state index in [1.54, 1.807) is 12.1 Å². The van der Waals surface area contributed by atoms with Crippen molar-refractivity contribution in [1.29, 1.82) is 0 Å². The Morgan fingerprint density at radius 3 is 2.76 bits per heavy atom. The molecule has 2 heteroatoms. The van der Waals surface area contributed by atoms with Crippen LogP contribution in [0, 0.1) is 0 Å². The normalized spacial score (nSPS) is 16.5. The molecule has 17 heavy (non-hydrogen) atoms. The first-order chi connectivity index (χ1) is 8.29. The largest absolute Gasteiger partial charge is 0.459 e. The van der Waals surface area contributed by atoms with Crippen LogP contribution in [0.3, 0.4) is 0 Å². The first-order valence-electron chi connectivity index (χ1n) is 6.23. The smallest absolute Gasteiger partial charge is 0.338 e. The van der Waals surface area contributed by atoms with Crippen molar-refractivity contribution in [3.8, 4) is 0 Å². The highest BCUT2D eigenvalue weighted by atomic mass is 16.5. The zero-order valence-electron chi connectivity index (χ0n) is 10.0. The van der Waals surface area contributed by atoms with Crippen LogP contribution in [-0.4, -0.2) is 12.1 Å². The van der Waals surface area contributed by atoms with E-state index in [9.17, 15) is 4.79 Å². The minimum absolute atomic E-state index is 0.114. The number of ether oxygens (including phenoxy) is 1. The average molecular weight is 230 g/mol. The van der Waals surface area contributed by atoms with Crippen molar-refractivity contribution >= 4 is 12.0 Å². The lowest BCUT2D eigenvalue weighted by molar-refractivity contribution is 0.0211. The number of carbonyl (C=O) groups excluding carboxylic acids is 1. The zero-order chi connectivity index (χ0) is 12.1. The molecule has 0 N–H and O–H groups in total. The van der Waals surface area contributed by atoms with Crippen molar-refractivity contribution in [3.05, 3.63) is 42.0 Å². The highest BCUT2D eigenvalue weighted by Gasteiger charge is 2.18. The van der Waals surface area contributed by atoms with Gasteiger partial charge in [-0.1, -0.05) is 31.2 Å². The second-order valence-corrected chi connectivity index (χ2v) is 4.49. The summed E-state index contributed by atoms with van der Waals surface area (Å²) in [6.07, 6.45) is 7.47. The van der Waals surface area contributed by atoms with Crippen LogP contribution >= 0.6 is 0 Å². The molecular formula is C15H18O2. The minimum Gasteiger partial charge on any atom is -0.459 e. The number of hydrogen-bond acceptors (Lipinski definition) is 2. The van der Waals surface area contributed by atoms with Crippen LogP contribution in [-0.2, 0) is 4.74 Å². The first kappa shape index (κ1) is 11.9. The van der Waals surface area contributed by atoms with Gasteiger partial charge in [-0.15, -0.1) is 0 Å². The molecule has 2 nitrogen and oxygen atoms in total. The van der Waals surface area contributed by atoms with Gasteiger partial charge in [-0.05, 0) is 43.4 Å². The average Bonchev–Trinajstić information content (AvgIpc) is 2.40. The number of carbonyl (C=O) groups is 1. The molecule has 1 aliphatic rings. The molecule has 1 fully saturated rings. The molecule has 0 heterocycles. The Morgan fingerprint density at radius 2 is 2.06 bits per heavy atom. The predicted octanol–water partition coefficient (Wildman–Crippen LogP) is 3.82. The summed E-state index contributed by atoms with van der Waals surface area (Å²) in [7, 11) is 0. The van der Waals surface area contributed by atoms with E-state index in [1.807, 2.05) is 18.2 Å². The second kappa shape index (κ2) is 5.67. The third-order valence-electron chi connectivity index (χ3n) is 3.18. The lowest BCUT2D eigenvalue weighted by Crippen LogP contribution is -2.20. The molecule has 0 aromatic heterocycles. The first-order valence-corrected chi connectivity index (χ1v) is 6.23. The minimum atomic E-state index is -0.208. The quantitative estimate of drug-likeness (QED) is 0.738. The Morgan fingerprint density at radius 1 is 1.29 bits per heavy atom. The van der Waals surface area contributed by atoms with Crippen molar-refractivity contribution in [2.24, 2.45) is 0 Å². The van der Waals surface area contributed by atoms with Gasteiger partial charge in [0.2, 0.25) is 0 Å². The molecule has 0 amide bonds. The van der Waals surface area contributed by atoms with Gasteiger partial charge in [-0.25, -0.2) is 4.79 Å². The summed E-state index contributed by atoms with van der Waals surface area (Å²) in [6.45, 7) is 3.69. The van der Waals surface area contributed by atoms with Crippen molar-refractivity contribution in [1.82, 2.24) is 0 Å². The van der Waals surface area contributed by atoms with E-state index < -0.39 is 0 Å². The van der Waals surface area contributed by atoms with E-state index in [0.717, 1.165) is 18.4 Å². The molecule has 0 saturated heterocycles. The molecule has 1 saturated carbocycles. The Kier molecular flexibility index (Phi) is 3.97. The van der Waals surface area contributed by atoms with E-state index in [0.29, 0.717) is 5.56 Å². The van der Waals surface area contributed by atoms with E-state index in [1.165, 1.54) is 19.3 Å². The fourth-order valence-corrected chi connectivity index (χ4v) is 2.20. The molecular weight excluding hydrogens is 212 g/mol. The molecule has 0 aliphatic heterocycles. The maximum absolute atomic E-state index is 11.9. The molecule has 0 unspecified atom stereocenters. The maximum atomic E-state index is 11.9. The van der Waals surface area contributed by atoms with Crippen molar-refractivity contribution < 1.29 is 9.53 Å². The zero-order valence-corrected chi connectivity index (χ0v) is 10.0. The summed E-state index contributed by atoms with van der Waals surface area (Å²) in [6, 6.07) is 7.38. The standard InChI is InChI=1S/C15H18O2/c1-2-12-7-6-8-13(11-12)15(16)17-14-9-4-3-5-10-14/h2,6-8,11,14H,1,3-5,9-10H2. The molecule has 0 atom stereocenters. The third kappa shape index (κ3) is 3.19. The Bertz CT molecular complexity index is 403. The molecule has 1 aliphatic carbocycles. The van der Waals surface area contributed by atoms with Crippen molar-refractivity contribution in [2.75, 3.05) is 0 Å². The monoisotopic (exact) mass is 230 g/mol. The van der Waals surface area contributed by atoms with Crippen LogP contribution in [0.1, 0.15) is 48.0 Å².